The first kappa shape index (κ1) is 16.0. The van der Waals surface area contributed by atoms with Crippen LogP contribution in [0.25, 0.3) is 5.69 Å². The zero-order chi connectivity index (χ0) is 15.1. The molecule has 0 fully saturated rings. The van der Waals surface area contributed by atoms with Crippen LogP contribution >= 0.6 is 11.8 Å². The minimum atomic E-state index is 0.271. The van der Waals surface area contributed by atoms with E-state index in [2.05, 4.69) is 48.5 Å². The Balaban J connectivity index is 2.21. The number of rotatable bonds is 8. The first-order valence-electron chi connectivity index (χ1n) is 7.53. The van der Waals surface area contributed by atoms with E-state index in [1.54, 1.807) is 0 Å². The van der Waals surface area contributed by atoms with Gasteiger partial charge in [0.05, 0.1) is 23.6 Å². The highest BCUT2D eigenvalue weighted by Gasteiger charge is 2.18. The molecule has 0 radical (unpaired) electrons. The minimum absolute atomic E-state index is 0.271. The van der Waals surface area contributed by atoms with Crippen molar-refractivity contribution in [2.75, 3.05) is 12.3 Å². The molecule has 0 bridgehead atoms. The summed E-state index contributed by atoms with van der Waals surface area (Å²) in [5, 5.41) is 12.6. The van der Waals surface area contributed by atoms with Gasteiger partial charge in [0.1, 0.15) is 0 Å². The smallest absolute Gasteiger partial charge is 0.0823 e. The largest absolute Gasteiger partial charge is 0.308 e. The lowest BCUT2D eigenvalue weighted by molar-refractivity contribution is 0.548. The summed E-state index contributed by atoms with van der Waals surface area (Å²) in [5.74, 6) is 1.03. The highest BCUT2D eigenvalue weighted by atomic mass is 32.2. The average molecular weight is 304 g/mol. The molecule has 1 heterocycles. The second-order valence-electron chi connectivity index (χ2n) is 5.30. The molecule has 0 amide bonds. The molecule has 4 nitrogen and oxygen atoms in total. The van der Waals surface area contributed by atoms with Gasteiger partial charge in [0.25, 0.3) is 0 Å². The predicted octanol–water partition coefficient (Wildman–Crippen LogP) is 3.45. The summed E-state index contributed by atoms with van der Waals surface area (Å²) < 4.78 is 1.94. The molecule has 1 aromatic heterocycles. The van der Waals surface area contributed by atoms with Crippen LogP contribution < -0.4 is 5.32 Å². The average Bonchev–Trinajstić information content (AvgIpc) is 2.97. The normalized spacial score (nSPS) is 12.8. The number of benzene rings is 1. The maximum absolute atomic E-state index is 4.26. The van der Waals surface area contributed by atoms with Gasteiger partial charge in [-0.25, -0.2) is 4.68 Å². The molecule has 0 aliphatic rings. The first-order valence-corrected chi connectivity index (χ1v) is 8.58. The number of hydrogen-bond donors (Lipinski definition) is 1. The summed E-state index contributed by atoms with van der Waals surface area (Å²) in [6, 6.07) is 10.5. The maximum Gasteiger partial charge on any atom is 0.0823 e. The molecule has 2 rings (SSSR count). The lowest BCUT2D eigenvalue weighted by Crippen LogP contribution is -2.27. The van der Waals surface area contributed by atoms with Crippen LogP contribution in [0.3, 0.4) is 0 Å². The molecule has 1 unspecified atom stereocenters. The van der Waals surface area contributed by atoms with E-state index in [9.17, 15) is 0 Å². The Bertz CT molecular complexity index is 524. The molecule has 5 heteroatoms. The van der Waals surface area contributed by atoms with Crippen LogP contribution in [0.15, 0.2) is 36.5 Å². The van der Waals surface area contributed by atoms with Gasteiger partial charge in [-0.05, 0) is 30.3 Å². The van der Waals surface area contributed by atoms with Crippen LogP contribution in [0, 0.1) is 0 Å². The van der Waals surface area contributed by atoms with Gasteiger partial charge in [0.15, 0.2) is 0 Å². The SMILES string of the molecule is CCCNC(CSC(C)C)c1cnnn1-c1ccccc1. The highest BCUT2D eigenvalue weighted by molar-refractivity contribution is 7.99. The van der Waals surface area contributed by atoms with E-state index in [4.69, 9.17) is 0 Å². The fourth-order valence-electron chi connectivity index (χ4n) is 2.11. The van der Waals surface area contributed by atoms with E-state index < -0.39 is 0 Å². The third-order valence-corrected chi connectivity index (χ3v) is 4.36. The van der Waals surface area contributed by atoms with Crippen molar-refractivity contribution in [2.45, 2.75) is 38.5 Å². The van der Waals surface area contributed by atoms with E-state index >= 15 is 0 Å². The predicted molar refractivity (Wildman–Crippen MR) is 90.0 cm³/mol. The molecule has 1 atom stereocenters. The van der Waals surface area contributed by atoms with Crippen LogP contribution in [0.5, 0.6) is 0 Å². The molecule has 0 saturated heterocycles. The zero-order valence-electron chi connectivity index (χ0n) is 13.0. The second-order valence-corrected chi connectivity index (χ2v) is 6.90. The van der Waals surface area contributed by atoms with Crippen molar-refractivity contribution in [3.63, 3.8) is 0 Å². The van der Waals surface area contributed by atoms with Gasteiger partial charge < -0.3 is 5.32 Å². The maximum atomic E-state index is 4.26. The molecule has 114 valence electrons. The topological polar surface area (TPSA) is 42.7 Å². The van der Waals surface area contributed by atoms with Crippen molar-refractivity contribution in [3.05, 3.63) is 42.2 Å². The van der Waals surface area contributed by atoms with Crippen molar-refractivity contribution in [1.29, 1.82) is 0 Å². The van der Waals surface area contributed by atoms with Crippen LogP contribution in [0.4, 0.5) is 0 Å². The molecular formula is C16H24N4S. The Morgan fingerprint density at radius 3 is 2.67 bits per heavy atom. The van der Waals surface area contributed by atoms with Crippen molar-refractivity contribution in [1.82, 2.24) is 20.3 Å². The Labute approximate surface area is 131 Å². The molecule has 1 aromatic carbocycles. The molecule has 21 heavy (non-hydrogen) atoms. The number of para-hydroxylation sites is 1. The monoisotopic (exact) mass is 304 g/mol. The minimum Gasteiger partial charge on any atom is -0.308 e. The third-order valence-electron chi connectivity index (χ3n) is 3.17. The van der Waals surface area contributed by atoms with Crippen LogP contribution in [0.1, 0.15) is 38.9 Å². The standard InChI is InChI=1S/C16H24N4S/c1-4-10-17-15(12-21-13(2)3)16-11-18-19-20(16)14-8-6-5-7-9-14/h5-9,11,13,15,17H,4,10,12H2,1-3H3. The molecule has 0 aliphatic heterocycles. The number of nitrogens with one attached hydrogen (secondary N) is 1. The van der Waals surface area contributed by atoms with E-state index in [-0.39, 0.29) is 6.04 Å². The van der Waals surface area contributed by atoms with Gasteiger partial charge in [-0.15, -0.1) is 5.10 Å². The summed E-state index contributed by atoms with van der Waals surface area (Å²) in [4.78, 5) is 0. The summed E-state index contributed by atoms with van der Waals surface area (Å²) in [6.45, 7) is 7.65. The third kappa shape index (κ3) is 4.58. The Morgan fingerprint density at radius 1 is 1.24 bits per heavy atom. The Hall–Kier alpha value is -1.33. The fraction of sp³-hybridized carbons (Fsp3) is 0.500. The lowest BCUT2D eigenvalue weighted by Gasteiger charge is -2.20. The van der Waals surface area contributed by atoms with Gasteiger partial charge in [0, 0.05) is 5.75 Å². The van der Waals surface area contributed by atoms with Gasteiger partial charge in [-0.1, -0.05) is 44.2 Å². The molecule has 0 saturated carbocycles. The van der Waals surface area contributed by atoms with E-state index in [1.165, 1.54) is 0 Å². The fourth-order valence-corrected chi connectivity index (χ4v) is 2.97. The Kier molecular flexibility index (Phi) is 6.26. The molecular weight excluding hydrogens is 280 g/mol. The van der Waals surface area contributed by atoms with Crippen molar-refractivity contribution in [2.24, 2.45) is 0 Å². The summed E-state index contributed by atoms with van der Waals surface area (Å²) in [7, 11) is 0. The highest BCUT2D eigenvalue weighted by Crippen LogP contribution is 2.22. The molecule has 1 N–H and O–H groups in total. The summed E-state index contributed by atoms with van der Waals surface area (Å²) >= 11 is 1.96. The lowest BCUT2D eigenvalue weighted by atomic mass is 10.2. The molecule has 0 aliphatic carbocycles. The first-order chi connectivity index (χ1) is 10.2. The Morgan fingerprint density at radius 2 is 2.00 bits per heavy atom. The summed E-state index contributed by atoms with van der Waals surface area (Å²) in [6.07, 6.45) is 3.00. The number of hydrogen-bond acceptors (Lipinski definition) is 4. The number of nitrogens with zero attached hydrogens (tertiary/aromatic N) is 3. The van der Waals surface area contributed by atoms with Gasteiger partial charge in [-0.2, -0.15) is 11.8 Å². The number of thioether (sulfide) groups is 1. The quantitative estimate of drug-likeness (QED) is 0.811. The zero-order valence-corrected chi connectivity index (χ0v) is 13.8. The van der Waals surface area contributed by atoms with Gasteiger partial charge in [0.2, 0.25) is 0 Å². The van der Waals surface area contributed by atoms with Gasteiger partial charge >= 0.3 is 0 Å². The van der Waals surface area contributed by atoms with Crippen LogP contribution in [0.2, 0.25) is 0 Å². The van der Waals surface area contributed by atoms with Crippen LogP contribution in [-0.2, 0) is 0 Å². The molecule has 2 aromatic rings. The van der Waals surface area contributed by atoms with E-state index in [1.807, 2.05) is 40.8 Å². The van der Waals surface area contributed by atoms with E-state index in [0.29, 0.717) is 5.25 Å². The van der Waals surface area contributed by atoms with Crippen molar-refractivity contribution < 1.29 is 0 Å². The second kappa shape index (κ2) is 8.20. The van der Waals surface area contributed by atoms with Crippen molar-refractivity contribution in [3.8, 4) is 5.69 Å². The van der Waals surface area contributed by atoms with Crippen molar-refractivity contribution >= 4 is 11.8 Å². The molecule has 0 spiro atoms. The number of aromatic nitrogens is 3. The van der Waals surface area contributed by atoms with Crippen LogP contribution in [-0.4, -0.2) is 32.5 Å². The van der Waals surface area contributed by atoms with E-state index in [0.717, 1.165) is 30.1 Å². The summed E-state index contributed by atoms with van der Waals surface area (Å²) in [5.41, 5.74) is 2.19. The van der Waals surface area contributed by atoms with Gasteiger partial charge in [-0.3, -0.25) is 0 Å².